The minimum Gasteiger partial charge on any atom is -0.314 e. The summed E-state index contributed by atoms with van der Waals surface area (Å²) in [6.07, 6.45) is 1.82. The third kappa shape index (κ3) is 3.00. The lowest BCUT2D eigenvalue weighted by Gasteiger charge is -2.27. The average Bonchev–Trinajstić information content (AvgIpc) is 2.95. The summed E-state index contributed by atoms with van der Waals surface area (Å²) in [5, 5.41) is 11.6. The Morgan fingerprint density at radius 2 is 1.84 bits per heavy atom. The zero-order valence-electron chi connectivity index (χ0n) is 11.0. The standard InChI is InChI=1S/C14H19N5/c1-2-4-13(5-3-1)14-17-16-12-19(14)11-10-18-8-6-15-7-9-18/h1-5,12,15H,6-11H2. The maximum absolute atomic E-state index is 4.23. The molecule has 100 valence electrons. The monoisotopic (exact) mass is 257 g/mol. The Morgan fingerprint density at radius 1 is 1.05 bits per heavy atom. The van der Waals surface area contributed by atoms with Crippen molar-refractivity contribution in [3.63, 3.8) is 0 Å². The van der Waals surface area contributed by atoms with Gasteiger partial charge in [-0.25, -0.2) is 0 Å². The van der Waals surface area contributed by atoms with Gasteiger partial charge in [0.1, 0.15) is 6.33 Å². The van der Waals surface area contributed by atoms with Gasteiger partial charge in [-0.05, 0) is 0 Å². The highest BCUT2D eigenvalue weighted by Crippen LogP contribution is 2.15. The number of nitrogens with one attached hydrogen (secondary N) is 1. The van der Waals surface area contributed by atoms with Gasteiger partial charge >= 0.3 is 0 Å². The predicted molar refractivity (Wildman–Crippen MR) is 74.8 cm³/mol. The minimum absolute atomic E-state index is 0.942. The van der Waals surface area contributed by atoms with Crippen molar-refractivity contribution in [2.45, 2.75) is 6.54 Å². The number of piperazine rings is 1. The molecule has 0 unspecified atom stereocenters. The summed E-state index contributed by atoms with van der Waals surface area (Å²) in [7, 11) is 0. The fourth-order valence-electron chi connectivity index (χ4n) is 2.41. The first-order valence-electron chi connectivity index (χ1n) is 6.80. The number of nitrogens with zero attached hydrogens (tertiary/aromatic N) is 4. The van der Waals surface area contributed by atoms with Gasteiger partial charge in [-0.2, -0.15) is 0 Å². The number of aromatic nitrogens is 3. The Kier molecular flexibility index (Phi) is 3.86. The highest BCUT2D eigenvalue weighted by molar-refractivity contribution is 5.54. The van der Waals surface area contributed by atoms with Crippen LogP contribution in [0.15, 0.2) is 36.7 Å². The molecule has 0 bridgehead atoms. The highest BCUT2D eigenvalue weighted by atomic mass is 15.3. The van der Waals surface area contributed by atoms with Gasteiger partial charge in [-0.15, -0.1) is 10.2 Å². The molecule has 1 aliphatic heterocycles. The number of hydrogen-bond acceptors (Lipinski definition) is 4. The van der Waals surface area contributed by atoms with E-state index in [0.29, 0.717) is 0 Å². The lowest BCUT2D eigenvalue weighted by molar-refractivity contribution is 0.233. The first-order chi connectivity index (χ1) is 9.43. The number of rotatable bonds is 4. The van der Waals surface area contributed by atoms with Crippen LogP contribution in [0.1, 0.15) is 0 Å². The van der Waals surface area contributed by atoms with E-state index in [-0.39, 0.29) is 0 Å². The molecule has 19 heavy (non-hydrogen) atoms. The van der Waals surface area contributed by atoms with Gasteiger partial charge in [0.25, 0.3) is 0 Å². The van der Waals surface area contributed by atoms with Crippen molar-refractivity contribution in [2.75, 3.05) is 32.7 Å². The molecule has 5 heteroatoms. The fraction of sp³-hybridized carbons (Fsp3) is 0.429. The van der Waals surface area contributed by atoms with Crippen LogP contribution in [0, 0.1) is 0 Å². The van der Waals surface area contributed by atoms with Gasteiger partial charge in [-0.3, -0.25) is 4.90 Å². The third-order valence-corrected chi connectivity index (χ3v) is 3.51. The van der Waals surface area contributed by atoms with Crippen LogP contribution >= 0.6 is 0 Å². The second-order valence-electron chi connectivity index (χ2n) is 4.81. The second kappa shape index (κ2) is 5.95. The molecular formula is C14H19N5. The molecule has 0 spiro atoms. The van der Waals surface area contributed by atoms with Gasteiger partial charge in [0.05, 0.1) is 0 Å². The topological polar surface area (TPSA) is 46.0 Å². The van der Waals surface area contributed by atoms with Gasteiger partial charge < -0.3 is 9.88 Å². The molecule has 1 aromatic heterocycles. The quantitative estimate of drug-likeness (QED) is 0.882. The van der Waals surface area contributed by atoms with Crippen molar-refractivity contribution in [1.29, 1.82) is 0 Å². The molecule has 0 aliphatic carbocycles. The van der Waals surface area contributed by atoms with E-state index in [1.54, 1.807) is 0 Å². The molecule has 0 saturated carbocycles. The first-order valence-corrected chi connectivity index (χ1v) is 6.80. The molecule has 2 heterocycles. The molecule has 0 radical (unpaired) electrons. The molecular weight excluding hydrogens is 238 g/mol. The summed E-state index contributed by atoms with van der Waals surface area (Å²) in [5.74, 6) is 0.954. The van der Waals surface area contributed by atoms with Gasteiger partial charge in [0, 0.05) is 44.8 Å². The van der Waals surface area contributed by atoms with E-state index < -0.39 is 0 Å². The average molecular weight is 257 g/mol. The summed E-state index contributed by atoms with van der Waals surface area (Å²) < 4.78 is 2.14. The number of hydrogen-bond donors (Lipinski definition) is 1. The molecule has 0 atom stereocenters. The molecule has 0 amide bonds. The van der Waals surface area contributed by atoms with Crippen LogP contribution in [0.2, 0.25) is 0 Å². The summed E-state index contributed by atoms with van der Waals surface area (Å²) in [4.78, 5) is 2.48. The molecule has 1 aromatic carbocycles. The van der Waals surface area contributed by atoms with Crippen molar-refractivity contribution in [3.05, 3.63) is 36.7 Å². The van der Waals surface area contributed by atoms with E-state index in [9.17, 15) is 0 Å². The van der Waals surface area contributed by atoms with Crippen molar-refractivity contribution >= 4 is 0 Å². The van der Waals surface area contributed by atoms with E-state index in [1.807, 2.05) is 24.5 Å². The largest absolute Gasteiger partial charge is 0.314 e. The Bertz CT molecular complexity index is 502. The lowest BCUT2D eigenvalue weighted by Crippen LogP contribution is -2.44. The van der Waals surface area contributed by atoms with Crippen molar-refractivity contribution in [2.24, 2.45) is 0 Å². The van der Waals surface area contributed by atoms with Crippen LogP contribution in [0.5, 0.6) is 0 Å². The molecule has 1 aliphatic rings. The predicted octanol–water partition coefficient (Wildman–Crippen LogP) is 0.850. The van der Waals surface area contributed by atoms with Crippen LogP contribution < -0.4 is 5.32 Å². The zero-order chi connectivity index (χ0) is 12.9. The Labute approximate surface area is 113 Å². The third-order valence-electron chi connectivity index (χ3n) is 3.51. The Hall–Kier alpha value is -1.72. The zero-order valence-corrected chi connectivity index (χ0v) is 11.0. The fourth-order valence-corrected chi connectivity index (χ4v) is 2.41. The Morgan fingerprint density at radius 3 is 2.63 bits per heavy atom. The van der Waals surface area contributed by atoms with Crippen molar-refractivity contribution in [1.82, 2.24) is 25.0 Å². The summed E-state index contributed by atoms with van der Waals surface area (Å²) >= 11 is 0. The second-order valence-corrected chi connectivity index (χ2v) is 4.81. The molecule has 1 N–H and O–H groups in total. The molecule has 2 aromatic rings. The molecule has 1 saturated heterocycles. The molecule has 5 nitrogen and oxygen atoms in total. The summed E-state index contributed by atoms with van der Waals surface area (Å²) in [6.45, 7) is 6.43. The highest BCUT2D eigenvalue weighted by Gasteiger charge is 2.11. The first kappa shape index (κ1) is 12.3. The van der Waals surface area contributed by atoms with Crippen LogP contribution in [-0.4, -0.2) is 52.4 Å². The van der Waals surface area contributed by atoms with E-state index in [2.05, 4.69) is 37.1 Å². The maximum Gasteiger partial charge on any atom is 0.163 e. The molecule has 1 fully saturated rings. The SMILES string of the molecule is c1ccc(-c2nncn2CCN2CCNCC2)cc1. The van der Waals surface area contributed by atoms with Gasteiger partial charge in [0.15, 0.2) is 5.82 Å². The van der Waals surface area contributed by atoms with Crippen molar-refractivity contribution in [3.8, 4) is 11.4 Å². The van der Waals surface area contributed by atoms with Crippen LogP contribution in [0.3, 0.4) is 0 Å². The maximum atomic E-state index is 4.23. The van der Waals surface area contributed by atoms with Crippen LogP contribution in [0.4, 0.5) is 0 Å². The van der Waals surface area contributed by atoms with E-state index in [4.69, 9.17) is 0 Å². The Balaban J connectivity index is 1.67. The number of benzene rings is 1. The van der Waals surface area contributed by atoms with Crippen LogP contribution in [-0.2, 0) is 6.54 Å². The lowest BCUT2D eigenvalue weighted by atomic mass is 10.2. The smallest absolute Gasteiger partial charge is 0.163 e. The minimum atomic E-state index is 0.942. The van der Waals surface area contributed by atoms with Crippen LogP contribution in [0.25, 0.3) is 11.4 Å². The van der Waals surface area contributed by atoms with E-state index in [1.165, 1.54) is 0 Å². The summed E-state index contributed by atoms with van der Waals surface area (Å²) in [5.41, 5.74) is 1.13. The van der Waals surface area contributed by atoms with E-state index in [0.717, 1.165) is 50.7 Å². The normalized spacial score (nSPS) is 16.6. The molecule has 3 rings (SSSR count). The van der Waals surface area contributed by atoms with E-state index >= 15 is 0 Å². The van der Waals surface area contributed by atoms with Gasteiger partial charge in [-0.1, -0.05) is 30.3 Å². The summed E-state index contributed by atoms with van der Waals surface area (Å²) in [6, 6.07) is 10.2. The van der Waals surface area contributed by atoms with Crippen molar-refractivity contribution < 1.29 is 0 Å². The van der Waals surface area contributed by atoms with Gasteiger partial charge in [0.2, 0.25) is 0 Å².